The molecule has 0 spiro atoms. The molecule has 3 aromatic heterocycles. The van der Waals surface area contributed by atoms with Crippen molar-refractivity contribution in [3.05, 3.63) is 84.0 Å². The first-order valence-corrected chi connectivity index (χ1v) is 14.8. The van der Waals surface area contributed by atoms with Gasteiger partial charge in [-0.2, -0.15) is 0 Å². The molecule has 0 amide bonds. The Morgan fingerprint density at radius 2 is 1.77 bits per heavy atom. The van der Waals surface area contributed by atoms with E-state index in [1.807, 2.05) is 49.9 Å². The zero-order chi connectivity index (χ0) is 29.8. The Hall–Kier alpha value is -3.32. The molecular formula is C33H50FN5O. The summed E-state index contributed by atoms with van der Waals surface area (Å²) in [5.74, 6) is 0.719. The summed E-state index contributed by atoms with van der Waals surface area (Å²) in [5, 5.41) is 12.0. The van der Waals surface area contributed by atoms with Gasteiger partial charge in [0.15, 0.2) is 11.7 Å². The highest BCUT2D eigenvalue weighted by Crippen LogP contribution is 2.21. The Bertz CT molecular complexity index is 1130. The Kier molecular flexibility index (Phi) is 17.8. The first-order chi connectivity index (χ1) is 19.5. The van der Waals surface area contributed by atoms with Crippen LogP contribution in [0.4, 0.5) is 10.1 Å². The van der Waals surface area contributed by atoms with Crippen LogP contribution in [0.25, 0.3) is 5.70 Å². The third-order valence-electron chi connectivity index (χ3n) is 6.22. The van der Waals surface area contributed by atoms with E-state index in [-0.39, 0.29) is 0 Å². The topological polar surface area (TPSA) is 75.3 Å². The Morgan fingerprint density at radius 3 is 2.33 bits per heavy atom. The molecule has 0 radical (unpaired) electrons. The van der Waals surface area contributed by atoms with E-state index in [0.717, 1.165) is 41.9 Å². The first-order valence-electron chi connectivity index (χ1n) is 14.8. The zero-order valence-electron chi connectivity index (χ0n) is 25.6. The van der Waals surface area contributed by atoms with Crippen LogP contribution in [0, 0.1) is 11.7 Å². The minimum atomic E-state index is -0.426. The van der Waals surface area contributed by atoms with E-state index >= 15 is 0 Å². The number of aryl methyl sites for hydroxylation is 2. The quantitative estimate of drug-likeness (QED) is 0.175. The molecule has 0 aliphatic heterocycles. The predicted molar refractivity (Wildman–Crippen MR) is 168 cm³/mol. The maximum Gasteiger partial charge on any atom is 0.164 e. The lowest BCUT2D eigenvalue weighted by atomic mass is 10.00. The van der Waals surface area contributed by atoms with E-state index in [1.54, 1.807) is 18.5 Å². The molecule has 2 N–H and O–H groups in total. The van der Waals surface area contributed by atoms with Crippen LogP contribution in [0.1, 0.15) is 97.0 Å². The van der Waals surface area contributed by atoms with Crippen LogP contribution in [0.5, 0.6) is 0 Å². The molecule has 7 heteroatoms. The smallest absolute Gasteiger partial charge is 0.164 e. The lowest BCUT2D eigenvalue weighted by molar-refractivity contribution is 0.209. The van der Waals surface area contributed by atoms with Crippen molar-refractivity contribution in [3.63, 3.8) is 0 Å². The number of aliphatic hydroxyl groups is 1. The summed E-state index contributed by atoms with van der Waals surface area (Å²) in [6, 6.07) is 9.42. The van der Waals surface area contributed by atoms with Gasteiger partial charge < -0.3 is 15.0 Å². The lowest BCUT2D eigenvalue weighted by Gasteiger charge is -2.15. The number of nitrogens with zero attached hydrogens (tertiary/aromatic N) is 4. The van der Waals surface area contributed by atoms with Gasteiger partial charge in [0.2, 0.25) is 0 Å². The van der Waals surface area contributed by atoms with Crippen molar-refractivity contribution in [3.8, 4) is 0 Å². The first kappa shape index (κ1) is 34.7. The number of nitrogens with one attached hydrogen (secondary N) is 1. The van der Waals surface area contributed by atoms with Crippen LogP contribution in [-0.2, 0) is 13.5 Å². The van der Waals surface area contributed by atoms with E-state index in [2.05, 4.69) is 55.1 Å². The van der Waals surface area contributed by atoms with E-state index in [0.29, 0.717) is 24.0 Å². The molecule has 0 fully saturated rings. The Balaban J connectivity index is 0.000000621. The number of amidine groups is 1. The second-order valence-electron chi connectivity index (χ2n) is 9.31. The Morgan fingerprint density at radius 1 is 1.05 bits per heavy atom. The maximum atomic E-state index is 14.3. The van der Waals surface area contributed by atoms with Gasteiger partial charge in [0, 0.05) is 32.2 Å². The van der Waals surface area contributed by atoms with Gasteiger partial charge in [-0.1, -0.05) is 72.9 Å². The van der Waals surface area contributed by atoms with Crippen molar-refractivity contribution in [1.29, 1.82) is 0 Å². The highest BCUT2D eigenvalue weighted by Gasteiger charge is 2.16. The largest absolute Gasteiger partial charge is 0.396 e. The summed E-state index contributed by atoms with van der Waals surface area (Å²) in [5.41, 5.74) is 3.92. The average Bonchev–Trinajstić information content (AvgIpc) is 3.37. The molecule has 0 aromatic carbocycles. The van der Waals surface area contributed by atoms with Crippen LogP contribution < -0.4 is 5.32 Å². The zero-order valence-corrected chi connectivity index (χ0v) is 25.6. The summed E-state index contributed by atoms with van der Waals surface area (Å²) < 4.78 is 16.3. The number of aliphatic imine (C=N–C) groups is 1. The molecule has 0 atom stereocenters. The molecule has 0 saturated carbocycles. The highest BCUT2D eigenvalue weighted by molar-refractivity contribution is 6.10. The van der Waals surface area contributed by atoms with E-state index in [9.17, 15) is 4.39 Å². The third-order valence-corrected chi connectivity index (χ3v) is 6.22. The molecule has 0 bridgehead atoms. The summed E-state index contributed by atoms with van der Waals surface area (Å²) in [6.45, 7) is 12.9. The molecule has 3 aromatic rings. The van der Waals surface area contributed by atoms with Crippen molar-refractivity contribution >= 4 is 17.2 Å². The van der Waals surface area contributed by atoms with Gasteiger partial charge in [0.05, 0.1) is 29.0 Å². The SMILES string of the molecule is CC.CCC/C=C(/N=C(Nc1ccncc1F)c1c(CC)ccn1C)c1ccccn1.CCCC(CO)CCC. The lowest BCUT2D eigenvalue weighted by Crippen LogP contribution is -2.20. The van der Waals surface area contributed by atoms with Crippen LogP contribution in [-0.4, -0.2) is 32.1 Å². The van der Waals surface area contributed by atoms with Gasteiger partial charge in [0.25, 0.3) is 0 Å². The number of aliphatic hydroxyl groups excluding tert-OH is 1. The highest BCUT2D eigenvalue weighted by atomic mass is 19.1. The van der Waals surface area contributed by atoms with Gasteiger partial charge in [-0.15, -0.1) is 0 Å². The fourth-order valence-electron chi connectivity index (χ4n) is 4.20. The number of rotatable bonds is 12. The van der Waals surface area contributed by atoms with E-state index in [1.165, 1.54) is 31.9 Å². The maximum absolute atomic E-state index is 14.3. The van der Waals surface area contributed by atoms with Gasteiger partial charge >= 0.3 is 0 Å². The number of hydrogen-bond donors (Lipinski definition) is 2. The number of pyridine rings is 2. The molecule has 3 heterocycles. The molecule has 6 nitrogen and oxygen atoms in total. The third kappa shape index (κ3) is 11.4. The van der Waals surface area contributed by atoms with Crippen molar-refractivity contribution in [2.75, 3.05) is 11.9 Å². The molecule has 0 saturated heterocycles. The van der Waals surface area contributed by atoms with E-state index in [4.69, 9.17) is 10.1 Å². The molecule has 3 rings (SSSR count). The normalized spacial score (nSPS) is 11.4. The van der Waals surface area contributed by atoms with Gasteiger partial charge in [0.1, 0.15) is 0 Å². The average molecular weight is 552 g/mol. The summed E-state index contributed by atoms with van der Waals surface area (Å²) in [7, 11) is 1.96. The number of halogens is 1. The number of allylic oxidation sites excluding steroid dienone is 1. The minimum Gasteiger partial charge on any atom is -0.396 e. The van der Waals surface area contributed by atoms with Gasteiger partial charge in [-0.3, -0.25) is 9.97 Å². The van der Waals surface area contributed by atoms with Gasteiger partial charge in [-0.25, -0.2) is 9.38 Å². The molecule has 40 heavy (non-hydrogen) atoms. The van der Waals surface area contributed by atoms with Crippen molar-refractivity contribution in [2.24, 2.45) is 18.0 Å². The molecule has 0 aliphatic carbocycles. The number of hydrogen-bond acceptors (Lipinski definition) is 4. The summed E-state index contributed by atoms with van der Waals surface area (Å²) in [6.07, 6.45) is 16.0. The number of unbranched alkanes of at least 4 members (excludes halogenated alkanes) is 1. The predicted octanol–water partition coefficient (Wildman–Crippen LogP) is 8.44. The van der Waals surface area contributed by atoms with Crippen molar-refractivity contribution in [2.45, 2.75) is 86.5 Å². The fraction of sp³-hybridized carbons (Fsp3) is 0.485. The monoisotopic (exact) mass is 551 g/mol. The molecular weight excluding hydrogens is 501 g/mol. The standard InChI is InChI=1S/C23H26FN5.C8H18O.C2H6/c1-4-6-9-21(20-10-7-8-13-26-20)28-23(22-17(5-2)12-15-29(22)3)27-19-11-14-25-16-18(19)24;1-3-5-8(7-9)6-4-2;1-2/h7-16H,4-6H2,1-3H3,(H,25,27,28);8-9H,3-7H2,1-2H3;1-2H3/b21-9+;;. The van der Waals surface area contributed by atoms with Crippen LogP contribution in [0.15, 0.2) is 66.2 Å². The number of anilines is 1. The van der Waals surface area contributed by atoms with Crippen LogP contribution in [0.3, 0.4) is 0 Å². The second-order valence-corrected chi connectivity index (χ2v) is 9.31. The summed E-state index contributed by atoms with van der Waals surface area (Å²) >= 11 is 0. The van der Waals surface area contributed by atoms with Gasteiger partial charge in [-0.05, 0) is 61.4 Å². The fourth-order valence-corrected chi connectivity index (χ4v) is 4.20. The van der Waals surface area contributed by atoms with Crippen LogP contribution >= 0.6 is 0 Å². The molecule has 0 unspecified atom stereocenters. The van der Waals surface area contributed by atoms with Crippen LogP contribution in [0.2, 0.25) is 0 Å². The van der Waals surface area contributed by atoms with E-state index < -0.39 is 5.82 Å². The minimum absolute atomic E-state index is 0.331. The summed E-state index contributed by atoms with van der Waals surface area (Å²) in [4.78, 5) is 13.2. The van der Waals surface area contributed by atoms with Crippen molar-refractivity contribution < 1.29 is 9.50 Å². The molecule has 0 aliphatic rings. The molecule has 220 valence electrons. The Labute approximate surface area is 241 Å². The second kappa shape index (κ2) is 20.6. The van der Waals surface area contributed by atoms with Crippen molar-refractivity contribution in [1.82, 2.24) is 14.5 Å². The number of aromatic nitrogens is 3.